The van der Waals surface area contributed by atoms with Crippen LogP contribution in [-0.4, -0.2) is 22.8 Å². The fourth-order valence-corrected chi connectivity index (χ4v) is 1.23. The molecule has 1 aromatic rings. The molecule has 0 aliphatic heterocycles. The molecular weight excluding hydrogens is 176 g/mol. The van der Waals surface area contributed by atoms with Gasteiger partial charge in [0.2, 0.25) is 0 Å². The molecule has 1 aromatic heterocycles. The van der Waals surface area contributed by atoms with Gasteiger partial charge in [0, 0.05) is 13.2 Å². The number of aromatic nitrogens is 2. The zero-order valence-electron chi connectivity index (χ0n) is 7.67. The van der Waals surface area contributed by atoms with Crippen molar-refractivity contribution in [2.24, 2.45) is 7.05 Å². The fraction of sp³-hybridized carbons (Fsp3) is 0.625. The Kier molecular flexibility index (Phi) is 3.36. The first-order valence-electron chi connectivity index (χ1n) is 4.16. The van der Waals surface area contributed by atoms with Crippen LogP contribution < -0.4 is 5.32 Å². The van der Waals surface area contributed by atoms with E-state index in [2.05, 4.69) is 10.4 Å². The summed E-state index contributed by atoms with van der Waals surface area (Å²) in [6.07, 6.45) is -0.891. The molecule has 13 heavy (non-hydrogen) atoms. The summed E-state index contributed by atoms with van der Waals surface area (Å²) in [5.74, 6) is 0. The molecule has 3 nitrogen and oxygen atoms in total. The van der Waals surface area contributed by atoms with Gasteiger partial charge in [-0.15, -0.1) is 0 Å². The van der Waals surface area contributed by atoms with Crippen LogP contribution in [0.1, 0.15) is 18.7 Å². The van der Waals surface area contributed by atoms with Crippen LogP contribution in [0.3, 0.4) is 0 Å². The number of nitrogens with one attached hydrogen (secondary N) is 1. The van der Waals surface area contributed by atoms with Gasteiger partial charge in [0.1, 0.15) is 6.04 Å². The highest BCUT2D eigenvalue weighted by atomic mass is 19.3. The van der Waals surface area contributed by atoms with Crippen LogP contribution >= 0.6 is 0 Å². The molecule has 0 aliphatic carbocycles. The van der Waals surface area contributed by atoms with Gasteiger partial charge in [0.25, 0.3) is 6.43 Å². The Balaban J connectivity index is 2.82. The van der Waals surface area contributed by atoms with E-state index in [-0.39, 0.29) is 0 Å². The molecule has 0 aromatic carbocycles. The van der Waals surface area contributed by atoms with Crippen LogP contribution in [0.15, 0.2) is 12.3 Å². The first-order valence-corrected chi connectivity index (χ1v) is 4.16. The smallest absolute Gasteiger partial charge is 0.259 e. The number of rotatable bonds is 4. The van der Waals surface area contributed by atoms with Crippen LogP contribution in [-0.2, 0) is 7.05 Å². The third-order valence-electron chi connectivity index (χ3n) is 1.85. The minimum Gasteiger partial charge on any atom is -0.304 e. The molecule has 0 amide bonds. The van der Waals surface area contributed by atoms with E-state index in [9.17, 15) is 8.78 Å². The molecule has 0 bridgehead atoms. The number of aryl methyl sites for hydroxylation is 1. The molecule has 74 valence electrons. The lowest BCUT2D eigenvalue weighted by Gasteiger charge is -2.16. The van der Waals surface area contributed by atoms with E-state index in [0.717, 1.165) is 0 Å². The molecule has 0 saturated heterocycles. The van der Waals surface area contributed by atoms with Crippen molar-refractivity contribution in [1.29, 1.82) is 0 Å². The van der Waals surface area contributed by atoms with Gasteiger partial charge in [-0.3, -0.25) is 4.68 Å². The Hall–Kier alpha value is -0.970. The topological polar surface area (TPSA) is 29.9 Å². The summed E-state index contributed by atoms with van der Waals surface area (Å²) >= 11 is 0. The van der Waals surface area contributed by atoms with Gasteiger partial charge in [0.15, 0.2) is 0 Å². The third kappa shape index (κ3) is 2.24. The third-order valence-corrected chi connectivity index (χ3v) is 1.85. The standard InChI is InChI=1S/C8H13F2N3/c1-3-11-7(8(9)10)6-4-5-12-13(6)2/h4-5,7-8,11H,3H2,1-2H3. The van der Waals surface area contributed by atoms with E-state index in [1.54, 1.807) is 20.0 Å². The van der Waals surface area contributed by atoms with Gasteiger partial charge < -0.3 is 5.32 Å². The lowest BCUT2D eigenvalue weighted by molar-refractivity contribution is 0.0955. The quantitative estimate of drug-likeness (QED) is 0.774. The number of nitrogens with zero attached hydrogens (tertiary/aromatic N) is 2. The maximum Gasteiger partial charge on any atom is 0.259 e. The summed E-state index contributed by atoms with van der Waals surface area (Å²) in [5.41, 5.74) is 0.511. The Morgan fingerprint density at radius 2 is 2.31 bits per heavy atom. The predicted molar refractivity (Wildman–Crippen MR) is 45.6 cm³/mol. The van der Waals surface area contributed by atoms with E-state index in [0.29, 0.717) is 12.2 Å². The first kappa shape index (κ1) is 10.1. The lowest BCUT2D eigenvalue weighted by atomic mass is 10.2. The summed E-state index contributed by atoms with van der Waals surface area (Å²) < 4.78 is 26.5. The van der Waals surface area contributed by atoms with Gasteiger partial charge in [-0.1, -0.05) is 6.92 Å². The molecule has 0 aliphatic rings. The van der Waals surface area contributed by atoms with Crippen molar-refractivity contribution in [3.8, 4) is 0 Å². The van der Waals surface area contributed by atoms with Crippen molar-refractivity contribution >= 4 is 0 Å². The van der Waals surface area contributed by atoms with Gasteiger partial charge in [-0.05, 0) is 12.6 Å². The van der Waals surface area contributed by atoms with Crippen LogP contribution in [0.5, 0.6) is 0 Å². The second-order valence-electron chi connectivity index (χ2n) is 2.75. The molecule has 1 atom stereocenters. The lowest BCUT2D eigenvalue weighted by Crippen LogP contribution is -2.28. The largest absolute Gasteiger partial charge is 0.304 e. The van der Waals surface area contributed by atoms with Crippen LogP contribution in [0.2, 0.25) is 0 Å². The highest BCUT2D eigenvalue weighted by molar-refractivity contribution is 5.07. The maximum absolute atomic E-state index is 12.5. The average molecular weight is 189 g/mol. The normalized spacial score (nSPS) is 13.6. The van der Waals surface area contributed by atoms with E-state index in [1.165, 1.54) is 10.9 Å². The Morgan fingerprint density at radius 1 is 1.62 bits per heavy atom. The van der Waals surface area contributed by atoms with E-state index in [4.69, 9.17) is 0 Å². The van der Waals surface area contributed by atoms with E-state index >= 15 is 0 Å². The molecule has 0 saturated carbocycles. The number of hydrogen-bond donors (Lipinski definition) is 1. The van der Waals surface area contributed by atoms with Crippen LogP contribution in [0, 0.1) is 0 Å². The molecule has 1 heterocycles. The van der Waals surface area contributed by atoms with Crippen molar-refractivity contribution in [3.05, 3.63) is 18.0 Å². The number of halogens is 2. The summed E-state index contributed by atoms with van der Waals surface area (Å²) in [4.78, 5) is 0. The van der Waals surface area contributed by atoms with Crippen molar-refractivity contribution in [2.45, 2.75) is 19.4 Å². The van der Waals surface area contributed by atoms with Gasteiger partial charge in [-0.25, -0.2) is 8.78 Å². The minimum absolute atomic E-state index is 0.511. The van der Waals surface area contributed by atoms with Crippen molar-refractivity contribution in [1.82, 2.24) is 15.1 Å². The number of alkyl halides is 2. The van der Waals surface area contributed by atoms with Gasteiger partial charge in [-0.2, -0.15) is 5.10 Å². The molecule has 1 unspecified atom stereocenters. The van der Waals surface area contributed by atoms with Crippen molar-refractivity contribution < 1.29 is 8.78 Å². The Labute approximate surface area is 75.7 Å². The fourth-order valence-electron chi connectivity index (χ4n) is 1.23. The summed E-state index contributed by atoms with van der Waals surface area (Å²) in [6.45, 7) is 2.31. The zero-order valence-corrected chi connectivity index (χ0v) is 7.67. The SMILES string of the molecule is CCNC(c1ccnn1C)C(F)F. The van der Waals surface area contributed by atoms with Crippen molar-refractivity contribution in [2.75, 3.05) is 6.54 Å². The molecule has 1 N–H and O–H groups in total. The second-order valence-corrected chi connectivity index (χ2v) is 2.75. The highest BCUT2D eigenvalue weighted by Gasteiger charge is 2.23. The summed E-state index contributed by atoms with van der Waals surface area (Å²) in [7, 11) is 1.65. The molecule has 5 heteroatoms. The Morgan fingerprint density at radius 3 is 2.69 bits per heavy atom. The zero-order chi connectivity index (χ0) is 9.84. The van der Waals surface area contributed by atoms with Crippen LogP contribution in [0.4, 0.5) is 8.78 Å². The van der Waals surface area contributed by atoms with Gasteiger partial charge in [0.05, 0.1) is 5.69 Å². The predicted octanol–water partition coefficient (Wildman–Crippen LogP) is 1.34. The molecular formula is C8H13F2N3. The van der Waals surface area contributed by atoms with E-state index < -0.39 is 12.5 Å². The monoisotopic (exact) mass is 189 g/mol. The second kappa shape index (κ2) is 4.32. The van der Waals surface area contributed by atoms with Gasteiger partial charge >= 0.3 is 0 Å². The van der Waals surface area contributed by atoms with Crippen molar-refractivity contribution in [3.63, 3.8) is 0 Å². The minimum atomic E-state index is -2.41. The van der Waals surface area contributed by atoms with E-state index in [1.807, 2.05) is 0 Å². The van der Waals surface area contributed by atoms with Crippen LogP contribution in [0.25, 0.3) is 0 Å². The molecule has 0 radical (unpaired) electrons. The Bertz CT molecular complexity index is 260. The molecule has 0 fully saturated rings. The molecule has 1 rings (SSSR count). The highest BCUT2D eigenvalue weighted by Crippen LogP contribution is 2.19. The first-order chi connectivity index (χ1) is 6.16. The summed E-state index contributed by atoms with van der Waals surface area (Å²) in [6, 6.07) is 0.678. The number of hydrogen-bond acceptors (Lipinski definition) is 2. The average Bonchev–Trinajstić information content (AvgIpc) is 2.47. The summed E-state index contributed by atoms with van der Waals surface area (Å²) in [5, 5.41) is 6.56. The maximum atomic E-state index is 12.5. The molecule has 0 spiro atoms.